The Morgan fingerprint density at radius 3 is 2.61 bits per heavy atom. The van der Waals surface area contributed by atoms with Gasteiger partial charge in [-0.1, -0.05) is 17.7 Å². The normalized spacial score (nSPS) is 16.2. The minimum atomic E-state index is -3.22. The fraction of sp³-hybridized carbons (Fsp3) is 0.471. The molecule has 1 N–H and O–H groups in total. The summed E-state index contributed by atoms with van der Waals surface area (Å²) in [6, 6.07) is 6.72. The van der Waals surface area contributed by atoms with Crippen molar-refractivity contribution in [1.82, 2.24) is 18.7 Å². The third-order valence-electron chi connectivity index (χ3n) is 4.76. The molecule has 2 heterocycles. The van der Waals surface area contributed by atoms with Crippen LogP contribution in [0.15, 0.2) is 29.1 Å². The van der Waals surface area contributed by atoms with E-state index in [1.54, 1.807) is 31.3 Å². The molecule has 1 aromatic carbocycles. The Morgan fingerprint density at radius 1 is 1.32 bits per heavy atom. The van der Waals surface area contributed by atoms with Crippen LogP contribution in [0.3, 0.4) is 0 Å². The Kier molecular flexibility index (Phi) is 5.92. The van der Waals surface area contributed by atoms with E-state index in [1.807, 2.05) is 0 Å². The van der Waals surface area contributed by atoms with Gasteiger partial charge in [0, 0.05) is 36.8 Å². The van der Waals surface area contributed by atoms with Gasteiger partial charge in [-0.2, -0.15) is 5.10 Å². The van der Waals surface area contributed by atoms with Crippen LogP contribution in [-0.4, -0.2) is 52.3 Å². The lowest BCUT2D eigenvalue weighted by molar-refractivity contribution is -0.117. The molecule has 2 aromatic rings. The van der Waals surface area contributed by atoms with Crippen LogP contribution in [0, 0.1) is 0 Å². The minimum absolute atomic E-state index is 0.0343. The molecule has 1 aromatic heterocycles. The zero-order valence-electron chi connectivity index (χ0n) is 15.6. The smallest absolute Gasteiger partial charge is 0.324 e. The standard InChI is InChI=1S/C17H22ClN5O4S/c1-21-16(12-6-8-22(9-7-12)28(2,26)27)20-23(17(21)25)11-15(24)19-14-5-3-4-13(18)10-14/h3-5,10,12H,6-9,11H2,1-2H3,(H,19,24). The fourth-order valence-corrected chi connectivity index (χ4v) is 4.38. The molecule has 1 aliphatic heterocycles. The molecule has 3 rings (SSSR count). The number of nitrogens with zero attached hydrogens (tertiary/aromatic N) is 4. The molecule has 28 heavy (non-hydrogen) atoms. The number of anilines is 1. The molecule has 0 aliphatic carbocycles. The molecule has 0 atom stereocenters. The second-order valence-corrected chi connectivity index (χ2v) is 9.27. The highest BCUT2D eigenvalue weighted by Crippen LogP contribution is 2.26. The van der Waals surface area contributed by atoms with E-state index in [4.69, 9.17) is 11.6 Å². The van der Waals surface area contributed by atoms with Crippen molar-refractivity contribution in [3.05, 3.63) is 45.6 Å². The van der Waals surface area contributed by atoms with Gasteiger partial charge in [0.2, 0.25) is 15.9 Å². The molecule has 1 fully saturated rings. The summed E-state index contributed by atoms with van der Waals surface area (Å²) in [5.74, 6) is 0.141. The molecule has 0 unspecified atom stereocenters. The number of nitrogens with one attached hydrogen (secondary N) is 1. The van der Waals surface area contributed by atoms with E-state index >= 15 is 0 Å². The van der Waals surface area contributed by atoms with Crippen LogP contribution in [-0.2, 0) is 28.4 Å². The van der Waals surface area contributed by atoms with Gasteiger partial charge in [0.05, 0.1) is 6.26 Å². The van der Waals surface area contributed by atoms with Gasteiger partial charge < -0.3 is 5.32 Å². The summed E-state index contributed by atoms with van der Waals surface area (Å²) in [5, 5.41) is 7.51. The lowest BCUT2D eigenvalue weighted by Gasteiger charge is -2.29. The van der Waals surface area contributed by atoms with Gasteiger partial charge in [-0.25, -0.2) is 22.2 Å². The van der Waals surface area contributed by atoms with E-state index in [0.717, 1.165) is 4.68 Å². The average molecular weight is 428 g/mol. The van der Waals surface area contributed by atoms with E-state index in [0.29, 0.717) is 42.5 Å². The Labute approximate surface area is 168 Å². The number of halogens is 1. The SMILES string of the molecule is Cn1c(C2CCN(S(C)(=O)=O)CC2)nn(CC(=O)Nc2cccc(Cl)c2)c1=O. The summed E-state index contributed by atoms with van der Waals surface area (Å²) >= 11 is 5.90. The van der Waals surface area contributed by atoms with E-state index < -0.39 is 10.0 Å². The summed E-state index contributed by atoms with van der Waals surface area (Å²) < 4.78 is 27.3. The van der Waals surface area contributed by atoms with Gasteiger partial charge in [-0.15, -0.1) is 0 Å². The Bertz CT molecular complexity index is 1040. The topological polar surface area (TPSA) is 106 Å². The summed E-state index contributed by atoms with van der Waals surface area (Å²) in [7, 11) is -1.61. The Balaban J connectivity index is 1.70. The third-order valence-corrected chi connectivity index (χ3v) is 6.30. The number of carbonyl (C=O) groups excluding carboxylic acids is 1. The van der Waals surface area contributed by atoms with E-state index in [1.165, 1.54) is 15.1 Å². The summed E-state index contributed by atoms with van der Waals surface area (Å²) in [6.45, 7) is 0.557. The largest absolute Gasteiger partial charge is 0.346 e. The molecule has 0 spiro atoms. The van der Waals surface area contributed by atoms with Gasteiger partial charge >= 0.3 is 5.69 Å². The maximum atomic E-state index is 12.5. The molecular formula is C17H22ClN5O4S. The lowest BCUT2D eigenvalue weighted by atomic mass is 9.97. The number of benzene rings is 1. The first-order valence-electron chi connectivity index (χ1n) is 8.79. The zero-order valence-corrected chi connectivity index (χ0v) is 17.2. The molecule has 1 aliphatic rings. The van der Waals surface area contributed by atoms with Crippen LogP contribution in [0.5, 0.6) is 0 Å². The highest BCUT2D eigenvalue weighted by Gasteiger charge is 2.29. The van der Waals surface area contributed by atoms with Crippen LogP contribution < -0.4 is 11.0 Å². The number of piperidine rings is 1. The van der Waals surface area contributed by atoms with Crippen molar-refractivity contribution in [1.29, 1.82) is 0 Å². The first-order valence-corrected chi connectivity index (χ1v) is 11.0. The molecular weight excluding hydrogens is 406 g/mol. The highest BCUT2D eigenvalue weighted by atomic mass is 35.5. The van der Waals surface area contributed by atoms with Crippen molar-refractivity contribution in [2.45, 2.75) is 25.3 Å². The molecule has 9 nitrogen and oxygen atoms in total. The molecule has 1 amide bonds. The number of aromatic nitrogens is 3. The number of rotatable bonds is 5. The predicted octanol–water partition coefficient (Wildman–Crippen LogP) is 1.01. The predicted molar refractivity (Wildman–Crippen MR) is 106 cm³/mol. The van der Waals surface area contributed by atoms with Crippen LogP contribution in [0.25, 0.3) is 0 Å². The van der Waals surface area contributed by atoms with Gasteiger partial charge in [-0.3, -0.25) is 9.36 Å². The number of hydrogen-bond donors (Lipinski definition) is 1. The second-order valence-electron chi connectivity index (χ2n) is 6.85. The van der Waals surface area contributed by atoms with Crippen LogP contribution in [0.1, 0.15) is 24.6 Å². The van der Waals surface area contributed by atoms with Crippen molar-refractivity contribution in [3.8, 4) is 0 Å². The first-order chi connectivity index (χ1) is 13.1. The lowest BCUT2D eigenvalue weighted by Crippen LogP contribution is -2.37. The van der Waals surface area contributed by atoms with Crippen molar-refractivity contribution >= 4 is 33.2 Å². The van der Waals surface area contributed by atoms with Crippen LogP contribution in [0.2, 0.25) is 5.02 Å². The van der Waals surface area contributed by atoms with E-state index in [2.05, 4.69) is 10.4 Å². The van der Waals surface area contributed by atoms with Gasteiger partial charge in [0.25, 0.3) is 0 Å². The maximum Gasteiger partial charge on any atom is 0.346 e. The van der Waals surface area contributed by atoms with Crippen LogP contribution >= 0.6 is 11.6 Å². The molecule has 0 bridgehead atoms. The number of sulfonamides is 1. The van der Waals surface area contributed by atoms with Crippen molar-refractivity contribution in [3.63, 3.8) is 0 Å². The fourth-order valence-electron chi connectivity index (χ4n) is 3.31. The van der Waals surface area contributed by atoms with Gasteiger partial charge in [-0.05, 0) is 31.0 Å². The van der Waals surface area contributed by atoms with E-state index in [9.17, 15) is 18.0 Å². The Hall–Kier alpha value is -2.17. The molecule has 11 heteroatoms. The van der Waals surface area contributed by atoms with Crippen molar-refractivity contribution in [2.24, 2.45) is 7.05 Å². The van der Waals surface area contributed by atoms with Gasteiger partial charge in [0.15, 0.2) is 0 Å². The molecule has 0 saturated carbocycles. The van der Waals surface area contributed by atoms with Crippen molar-refractivity contribution < 1.29 is 13.2 Å². The number of carbonyl (C=O) groups is 1. The Morgan fingerprint density at radius 2 is 2.00 bits per heavy atom. The molecule has 0 radical (unpaired) electrons. The quantitative estimate of drug-likeness (QED) is 0.766. The average Bonchev–Trinajstić information content (AvgIpc) is 2.89. The number of amides is 1. The summed E-state index contributed by atoms with van der Waals surface area (Å²) in [6.07, 6.45) is 2.34. The first kappa shape index (κ1) is 20.6. The molecule has 1 saturated heterocycles. The monoisotopic (exact) mass is 427 g/mol. The zero-order chi connectivity index (χ0) is 20.5. The summed E-state index contributed by atoms with van der Waals surface area (Å²) in [4.78, 5) is 24.7. The number of hydrogen-bond acceptors (Lipinski definition) is 5. The van der Waals surface area contributed by atoms with Crippen molar-refractivity contribution in [2.75, 3.05) is 24.7 Å². The second kappa shape index (κ2) is 8.06. The minimum Gasteiger partial charge on any atom is -0.324 e. The van der Waals surface area contributed by atoms with Crippen LogP contribution in [0.4, 0.5) is 5.69 Å². The van der Waals surface area contributed by atoms with Gasteiger partial charge in [0.1, 0.15) is 12.4 Å². The van der Waals surface area contributed by atoms with E-state index in [-0.39, 0.29) is 24.1 Å². The molecule has 152 valence electrons. The third kappa shape index (κ3) is 4.62. The summed E-state index contributed by atoms with van der Waals surface area (Å²) in [5.41, 5.74) is 0.150. The maximum absolute atomic E-state index is 12.5. The highest BCUT2D eigenvalue weighted by molar-refractivity contribution is 7.88.